The SMILES string of the molecule is CCOC(=O)C1CCN(C(=O)c2ccncc2Cl)CC1. The van der Waals surface area contributed by atoms with Gasteiger partial charge in [-0.3, -0.25) is 14.6 Å². The fourth-order valence-corrected chi connectivity index (χ4v) is 2.50. The van der Waals surface area contributed by atoms with Crippen molar-refractivity contribution >= 4 is 23.5 Å². The van der Waals surface area contributed by atoms with Crippen LogP contribution in [0.4, 0.5) is 0 Å². The summed E-state index contributed by atoms with van der Waals surface area (Å²) in [4.78, 5) is 29.5. The number of esters is 1. The number of halogens is 1. The van der Waals surface area contributed by atoms with E-state index in [1.54, 1.807) is 24.1 Å². The van der Waals surface area contributed by atoms with Gasteiger partial charge in [0, 0.05) is 25.5 Å². The van der Waals surface area contributed by atoms with Crippen molar-refractivity contribution in [3.05, 3.63) is 29.0 Å². The van der Waals surface area contributed by atoms with E-state index in [9.17, 15) is 9.59 Å². The average molecular weight is 297 g/mol. The standard InChI is InChI=1S/C14H17ClN2O3/c1-2-20-14(19)10-4-7-17(8-5-10)13(18)11-3-6-16-9-12(11)15/h3,6,9-10H,2,4-5,7-8H2,1H3. The van der Waals surface area contributed by atoms with Crippen LogP contribution in [0.3, 0.4) is 0 Å². The quantitative estimate of drug-likeness (QED) is 0.802. The topological polar surface area (TPSA) is 59.5 Å². The maximum Gasteiger partial charge on any atom is 0.309 e. The molecule has 0 aliphatic carbocycles. The van der Waals surface area contributed by atoms with E-state index in [2.05, 4.69) is 4.98 Å². The Bertz CT molecular complexity index is 499. The summed E-state index contributed by atoms with van der Waals surface area (Å²) in [5, 5.41) is 0.352. The van der Waals surface area contributed by atoms with Gasteiger partial charge in [0.05, 0.1) is 23.1 Å². The Labute approximate surface area is 122 Å². The molecule has 5 nitrogen and oxygen atoms in total. The minimum absolute atomic E-state index is 0.105. The molecule has 1 aliphatic heterocycles. The molecule has 0 saturated carbocycles. The summed E-state index contributed by atoms with van der Waals surface area (Å²) in [6, 6.07) is 1.61. The molecule has 108 valence electrons. The van der Waals surface area contributed by atoms with E-state index in [0.717, 1.165) is 0 Å². The van der Waals surface area contributed by atoms with Gasteiger partial charge in [-0.15, -0.1) is 0 Å². The Morgan fingerprint density at radius 3 is 2.75 bits per heavy atom. The number of piperidine rings is 1. The lowest BCUT2D eigenvalue weighted by Crippen LogP contribution is -2.40. The van der Waals surface area contributed by atoms with Crippen LogP contribution in [0, 0.1) is 5.92 Å². The third-order valence-electron chi connectivity index (χ3n) is 3.40. The van der Waals surface area contributed by atoms with Gasteiger partial charge < -0.3 is 9.64 Å². The minimum atomic E-state index is -0.165. The van der Waals surface area contributed by atoms with Crippen molar-refractivity contribution in [1.82, 2.24) is 9.88 Å². The highest BCUT2D eigenvalue weighted by Crippen LogP contribution is 2.22. The number of rotatable bonds is 3. The second kappa shape index (κ2) is 6.70. The highest BCUT2D eigenvalue weighted by Gasteiger charge is 2.29. The Morgan fingerprint density at radius 2 is 2.15 bits per heavy atom. The van der Waals surface area contributed by atoms with Gasteiger partial charge >= 0.3 is 5.97 Å². The number of likely N-dealkylation sites (tertiary alicyclic amines) is 1. The number of nitrogens with zero attached hydrogens (tertiary/aromatic N) is 2. The molecular weight excluding hydrogens is 280 g/mol. The number of hydrogen-bond donors (Lipinski definition) is 0. The molecule has 0 unspecified atom stereocenters. The first-order valence-electron chi connectivity index (χ1n) is 6.69. The molecule has 1 amide bonds. The van der Waals surface area contributed by atoms with E-state index in [1.807, 2.05) is 0 Å². The van der Waals surface area contributed by atoms with Crippen LogP contribution in [-0.4, -0.2) is 41.5 Å². The summed E-state index contributed by atoms with van der Waals surface area (Å²) in [5.74, 6) is -0.381. The van der Waals surface area contributed by atoms with E-state index in [4.69, 9.17) is 16.3 Å². The molecule has 1 aromatic rings. The molecule has 0 aromatic carbocycles. The minimum Gasteiger partial charge on any atom is -0.466 e. The van der Waals surface area contributed by atoms with Crippen LogP contribution in [0.1, 0.15) is 30.1 Å². The van der Waals surface area contributed by atoms with E-state index in [1.165, 1.54) is 6.20 Å². The Morgan fingerprint density at radius 1 is 1.45 bits per heavy atom. The number of aromatic nitrogens is 1. The van der Waals surface area contributed by atoms with E-state index in [-0.39, 0.29) is 17.8 Å². The fourth-order valence-electron chi connectivity index (χ4n) is 2.30. The predicted octanol–water partition coefficient (Wildman–Crippen LogP) is 2.15. The normalized spacial score (nSPS) is 16.0. The average Bonchev–Trinajstić information content (AvgIpc) is 2.47. The molecule has 2 rings (SSSR count). The monoisotopic (exact) mass is 296 g/mol. The van der Waals surface area contributed by atoms with Gasteiger partial charge in [-0.1, -0.05) is 11.6 Å². The number of ether oxygens (including phenoxy) is 1. The van der Waals surface area contributed by atoms with E-state index >= 15 is 0 Å². The van der Waals surface area contributed by atoms with Crippen LogP contribution in [0.2, 0.25) is 5.02 Å². The lowest BCUT2D eigenvalue weighted by atomic mass is 9.96. The third-order valence-corrected chi connectivity index (χ3v) is 3.71. The Hall–Kier alpha value is -1.62. The number of carbonyl (C=O) groups is 2. The van der Waals surface area contributed by atoms with Crippen molar-refractivity contribution < 1.29 is 14.3 Å². The summed E-state index contributed by atoms with van der Waals surface area (Å²) in [6.07, 6.45) is 4.27. The first kappa shape index (κ1) is 14.8. The highest BCUT2D eigenvalue weighted by molar-refractivity contribution is 6.33. The number of pyridine rings is 1. The molecule has 0 bridgehead atoms. The number of carbonyl (C=O) groups excluding carboxylic acids is 2. The zero-order valence-corrected chi connectivity index (χ0v) is 12.1. The van der Waals surface area contributed by atoms with Crippen molar-refractivity contribution in [2.45, 2.75) is 19.8 Å². The first-order valence-corrected chi connectivity index (χ1v) is 7.06. The summed E-state index contributed by atoms with van der Waals surface area (Å²) in [5.41, 5.74) is 0.455. The van der Waals surface area contributed by atoms with Crippen molar-refractivity contribution in [3.8, 4) is 0 Å². The molecule has 1 saturated heterocycles. The van der Waals surface area contributed by atoms with Crippen LogP contribution in [0.25, 0.3) is 0 Å². The van der Waals surface area contributed by atoms with Crippen molar-refractivity contribution in [2.24, 2.45) is 5.92 Å². The number of amides is 1. The Kier molecular flexibility index (Phi) is 4.95. The van der Waals surface area contributed by atoms with Gasteiger partial charge in [0.2, 0.25) is 0 Å². The summed E-state index contributed by atoms with van der Waals surface area (Å²) in [7, 11) is 0. The molecule has 0 atom stereocenters. The molecule has 0 N–H and O–H groups in total. The van der Waals surface area contributed by atoms with Gasteiger partial charge in [-0.25, -0.2) is 0 Å². The smallest absolute Gasteiger partial charge is 0.309 e. The lowest BCUT2D eigenvalue weighted by molar-refractivity contribution is -0.149. The zero-order chi connectivity index (χ0) is 14.5. The fraction of sp³-hybridized carbons (Fsp3) is 0.500. The van der Waals surface area contributed by atoms with Crippen LogP contribution in [-0.2, 0) is 9.53 Å². The molecule has 6 heteroatoms. The molecule has 0 spiro atoms. The molecule has 20 heavy (non-hydrogen) atoms. The molecule has 0 radical (unpaired) electrons. The van der Waals surface area contributed by atoms with Gasteiger partial charge in [0.25, 0.3) is 5.91 Å². The van der Waals surface area contributed by atoms with Crippen LogP contribution in [0.15, 0.2) is 18.5 Å². The number of hydrogen-bond acceptors (Lipinski definition) is 4. The second-order valence-corrected chi connectivity index (χ2v) is 5.08. The van der Waals surface area contributed by atoms with Crippen LogP contribution < -0.4 is 0 Å². The van der Waals surface area contributed by atoms with Gasteiger partial charge in [0.1, 0.15) is 0 Å². The molecule has 2 heterocycles. The van der Waals surface area contributed by atoms with Crippen LogP contribution in [0.5, 0.6) is 0 Å². The molecular formula is C14H17ClN2O3. The third kappa shape index (κ3) is 3.28. The van der Waals surface area contributed by atoms with Crippen molar-refractivity contribution in [2.75, 3.05) is 19.7 Å². The van der Waals surface area contributed by atoms with Gasteiger partial charge in [-0.05, 0) is 25.8 Å². The second-order valence-electron chi connectivity index (χ2n) is 4.67. The van der Waals surface area contributed by atoms with E-state index in [0.29, 0.717) is 43.1 Å². The van der Waals surface area contributed by atoms with Gasteiger partial charge in [-0.2, -0.15) is 0 Å². The molecule has 1 aliphatic rings. The summed E-state index contributed by atoms with van der Waals surface area (Å²) < 4.78 is 5.01. The maximum atomic E-state index is 12.3. The van der Waals surface area contributed by atoms with Crippen LogP contribution >= 0.6 is 11.6 Å². The van der Waals surface area contributed by atoms with Crippen molar-refractivity contribution in [1.29, 1.82) is 0 Å². The van der Waals surface area contributed by atoms with Crippen molar-refractivity contribution in [3.63, 3.8) is 0 Å². The first-order chi connectivity index (χ1) is 9.63. The largest absolute Gasteiger partial charge is 0.466 e. The lowest BCUT2D eigenvalue weighted by Gasteiger charge is -2.31. The highest BCUT2D eigenvalue weighted by atomic mass is 35.5. The predicted molar refractivity (Wildman–Crippen MR) is 74.5 cm³/mol. The molecule has 1 aromatic heterocycles. The van der Waals surface area contributed by atoms with Gasteiger partial charge in [0.15, 0.2) is 0 Å². The Balaban J connectivity index is 1.96. The summed E-state index contributed by atoms with van der Waals surface area (Å²) >= 11 is 5.97. The summed E-state index contributed by atoms with van der Waals surface area (Å²) in [6.45, 7) is 3.27. The maximum absolute atomic E-state index is 12.3. The zero-order valence-electron chi connectivity index (χ0n) is 11.3. The molecule has 1 fully saturated rings. The van der Waals surface area contributed by atoms with E-state index < -0.39 is 0 Å².